The third kappa shape index (κ3) is 4.00. The van der Waals surface area contributed by atoms with Gasteiger partial charge >= 0.3 is 5.97 Å². The van der Waals surface area contributed by atoms with Crippen molar-refractivity contribution in [2.24, 2.45) is 0 Å². The third-order valence-corrected chi connectivity index (χ3v) is 3.04. The van der Waals surface area contributed by atoms with Gasteiger partial charge < -0.3 is 9.84 Å². The zero-order valence-corrected chi connectivity index (χ0v) is 11.5. The number of aliphatic hydroxyl groups excluding tert-OH is 1. The van der Waals surface area contributed by atoms with Gasteiger partial charge in [-0.2, -0.15) is 0 Å². The van der Waals surface area contributed by atoms with Gasteiger partial charge in [0, 0.05) is 10.6 Å². The summed E-state index contributed by atoms with van der Waals surface area (Å²) >= 11 is 5.69. The number of benzene rings is 2. The number of hydrogen-bond acceptors (Lipinski definition) is 3. The molecule has 0 fully saturated rings. The Kier molecular flexibility index (Phi) is 4.88. The van der Waals surface area contributed by atoms with Gasteiger partial charge in [0.1, 0.15) is 18.2 Å². The summed E-state index contributed by atoms with van der Waals surface area (Å²) in [5, 5.41) is 10.3. The van der Waals surface area contributed by atoms with Crippen molar-refractivity contribution >= 4 is 17.6 Å². The molecule has 0 aliphatic heterocycles. The topological polar surface area (TPSA) is 46.5 Å². The van der Waals surface area contributed by atoms with Crippen molar-refractivity contribution in [3.63, 3.8) is 0 Å². The first-order valence-corrected chi connectivity index (χ1v) is 6.39. The molecule has 2 aromatic rings. The second kappa shape index (κ2) is 6.65. The Bertz CT molecular complexity index is 644. The van der Waals surface area contributed by atoms with E-state index in [2.05, 4.69) is 0 Å². The van der Waals surface area contributed by atoms with Crippen molar-refractivity contribution in [1.29, 1.82) is 0 Å². The second-order valence-electron chi connectivity index (χ2n) is 4.30. The molecule has 2 rings (SSSR count). The Morgan fingerprint density at radius 2 is 1.86 bits per heavy atom. The summed E-state index contributed by atoms with van der Waals surface area (Å²) in [6, 6.07) is 8.79. The molecule has 0 heterocycles. The van der Waals surface area contributed by atoms with E-state index in [-0.39, 0.29) is 5.56 Å². The minimum Gasteiger partial charge on any atom is -0.459 e. The number of carbonyl (C=O) groups excluding carboxylic acids is 1. The number of hydrogen-bond donors (Lipinski definition) is 1. The zero-order chi connectivity index (χ0) is 15.4. The maximum atomic E-state index is 13.4. The molecule has 2 aromatic carbocycles. The minimum absolute atomic E-state index is 0.105. The number of esters is 1. The fraction of sp³-hybridized carbons (Fsp3) is 0.133. The van der Waals surface area contributed by atoms with Crippen molar-refractivity contribution in [3.05, 3.63) is 70.2 Å². The van der Waals surface area contributed by atoms with Gasteiger partial charge in [-0.25, -0.2) is 13.6 Å². The van der Waals surface area contributed by atoms with E-state index in [4.69, 9.17) is 16.3 Å². The SMILES string of the molecule is O=C(OCc1cc(F)ccc1F)C(O)c1ccc(Cl)cc1. The summed E-state index contributed by atoms with van der Waals surface area (Å²) in [6.07, 6.45) is -1.51. The molecule has 21 heavy (non-hydrogen) atoms. The molecule has 1 N–H and O–H groups in total. The van der Waals surface area contributed by atoms with E-state index in [1.165, 1.54) is 24.3 Å². The number of ether oxygens (including phenoxy) is 1. The lowest BCUT2D eigenvalue weighted by Crippen LogP contribution is -2.15. The summed E-state index contributed by atoms with van der Waals surface area (Å²) in [5.74, 6) is -2.29. The monoisotopic (exact) mass is 312 g/mol. The lowest BCUT2D eigenvalue weighted by atomic mass is 10.1. The van der Waals surface area contributed by atoms with Crippen LogP contribution in [0, 0.1) is 11.6 Å². The number of carbonyl (C=O) groups is 1. The Morgan fingerprint density at radius 3 is 2.52 bits per heavy atom. The van der Waals surface area contributed by atoms with Crippen LogP contribution in [0.1, 0.15) is 17.2 Å². The summed E-state index contributed by atoms with van der Waals surface area (Å²) in [7, 11) is 0. The molecule has 0 saturated heterocycles. The van der Waals surface area contributed by atoms with Crippen LogP contribution in [0.25, 0.3) is 0 Å². The quantitative estimate of drug-likeness (QED) is 0.880. The molecule has 6 heteroatoms. The second-order valence-corrected chi connectivity index (χ2v) is 4.73. The standard InChI is InChI=1S/C15H11ClF2O3/c16-11-3-1-9(2-4-11)14(19)15(20)21-8-10-7-12(17)5-6-13(10)18/h1-7,14,19H,8H2. The van der Waals surface area contributed by atoms with Crippen molar-refractivity contribution in [1.82, 2.24) is 0 Å². The highest BCUT2D eigenvalue weighted by molar-refractivity contribution is 6.30. The molecule has 0 bridgehead atoms. The molecule has 0 spiro atoms. The summed E-state index contributed by atoms with van der Waals surface area (Å²) < 4.78 is 31.1. The highest BCUT2D eigenvalue weighted by Crippen LogP contribution is 2.19. The average Bonchev–Trinajstić information content (AvgIpc) is 2.48. The molecule has 0 aromatic heterocycles. The van der Waals surface area contributed by atoms with Crippen LogP contribution < -0.4 is 0 Å². The first kappa shape index (κ1) is 15.4. The zero-order valence-electron chi connectivity index (χ0n) is 10.7. The van der Waals surface area contributed by atoms with Gasteiger partial charge in [0.2, 0.25) is 0 Å². The van der Waals surface area contributed by atoms with Crippen molar-refractivity contribution in [3.8, 4) is 0 Å². The third-order valence-electron chi connectivity index (χ3n) is 2.79. The van der Waals surface area contributed by atoms with E-state index >= 15 is 0 Å². The molecule has 0 aliphatic rings. The summed E-state index contributed by atoms with van der Waals surface area (Å²) in [4.78, 5) is 11.7. The van der Waals surface area contributed by atoms with E-state index < -0.39 is 30.3 Å². The normalized spacial score (nSPS) is 12.0. The molecule has 110 valence electrons. The average molecular weight is 313 g/mol. The lowest BCUT2D eigenvalue weighted by molar-refractivity contribution is -0.155. The Hall–Kier alpha value is -1.98. The van der Waals surface area contributed by atoms with Crippen LogP contribution in [0.2, 0.25) is 5.02 Å². The fourth-order valence-electron chi connectivity index (χ4n) is 1.66. The number of halogens is 3. The van der Waals surface area contributed by atoms with Crippen LogP contribution in [0.15, 0.2) is 42.5 Å². The fourth-order valence-corrected chi connectivity index (χ4v) is 1.79. The molecule has 0 saturated carbocycles. The van der Waals surface area contributed by atoms with Crippen molar-refractivity contribution in [2.75, 3.05) is 0 Å². The smallest absolute Gasteiger partial charge is 0.339 e. The summed E-state index contributed by atoms with van der Waals surface area (Å²) in [6.45, 7) is -0.465. The molecule has 0 amide bonds. The number of rotatable bonds is 4. The predicted molar refractivity (Wildman–Crippen MR) is 72.6 cm³/mol. The molecule has 0 aliphatic carbocycles. The number of aliphatic hydroxyl groups is 1. The van der Waals surface area contributed by atoms with Crippen LogP contribution >= 0.6 is 11.6 Å². The van der Waals surface area contributed by atoms with Crippen molar-refractivity contribution < 1.29 is 23.4 Å². The van der Waals surface area contributed by atoms with E-state index in [9.17, 15) is 18.7 Å². The first-order chi connectivity index (χ1) is 9.97. The van der Waals surface area contributed by atoms with Gasteiger partial charge in [-0.05, 0) is 35.9 Å². The van der Waals surface area contributed by atoms with Crippen LogP contribution in [0.3, 0.4) is 0 Å². The Morgan fingerprint density at radius 1 is 1.19 bits per heavy atom. The maximum Gasteiger partial charge on any atom is 0.339 e. The Balaban J connectivity index is 2.01. The molecule has 3 nitrogen and oxygen atoms in total. The van der Waals surface area contributed by atoms with Gasteiger partial charge in [0.05, 0.1) is 0 Å². The largest absolute Gasteiger partial charge is 0.459 e. The van der Waals surface area contributed by atoms with E-state index in [0.717, 1.165) is 18.2 Å². The van der Waals surface area contributed by atoms with E-state index in [1.54, 1.807) is 0 Å². The molecular weight excluding hydrogens is 302 g/mol. The molecular formula is C15H11ClF2O3. The van der Waals surface area contributed by atoms with Gasteiger partial charge in [-0.3, -0.25) is 0 Å². The van der Waals surface area contributed by atoms with E-state index in [1.807, 2.05) is 0 Å². The highest BCUT2D eigenvalue weighted by Gasteiger charge is 2.19. The maximum absolute atomic E-state index is 13.4. The van der Waals surface area contributed by atoms with Crippen LogP contribution in [0.4, 0.5) is 8.78 Å². The summed E-state index contributed by atoms with van der Waals surface area (Å²) in [5.41, 5.74) is 0.191. The molecule has 0 radical (unpaired) electrons. The van der Waals surface area contributed by atoms with Crippen molar-refractivity contribution in [2.45, 2.75) is 12.7 Å². The Labute approximate surface area is 124 Å². The predicted octanol–water partition coefficient (Wildman–Crippen LogP) is 3.40. The molecule has 1 atom stereocenters. The lowest BCUT2D eigenvalue weighted by Gasteiger charge is -2.11. The highest BCUT2D eigenvalue weighted by atomic mass is 35.5. The first-order valence-electron chi connectivity index (χ1n) is 6.01. The van der Waals surface area contributed by atoms with Crippen LogP contribution in [0.5, 0.6) is 0 Å². The minimum atomic E-state index is -1.51. The van der Waals surface area contributed by atoms with Gasteiger partial charge in [-0.15, -0.1) is 0 Å². The van der Waals surface area contributed by atoms with Crippen LogP contribution in [-0.4, -0.2) is 11.1 Å². The van der Waals surface area contributed by atoms with E-state index in [0.29, 0.717) is 10.6 Å². The molecule has 1 unspecified atom stereocenters. The van der Waals surface area contributed by atoms with Crippen LogP contribution in [-0.2, 0) is 16.1 Å². The van der Waals surface area contributed by atoms with Gasteiger partial charge in [0.15, 0.2) is 6.10 Å². The van der Waals surface area contributed by atoms with Gasteiger partial charge in [0.25, 0.3) is 0 Å². The van der Waals surface area contributed by atoms with Gasteiger partial charge in [-0.1, -0.05) is 23.7 Å².